The van der Waals surface area contributed by atoms with Gasteiger partial charge in [-0.2, -0.15) is 0 Å². The Morgan fingerprint density at radius 3 is 2.78 bits per heavy atom. The standard InChI is InChI=1S/C17H22N4OS/c1-20(2)13-6-8-14(9-7-13)21-12-11-19-17(21)23-15-5-3-4-10-18-16(15)22/h6-9,11-12,15H,3-5,10H2,1-2H3,(H,18,22)/t15-/m1/s1. The van der Waals surface area contributed by atoms with E-state index in [-0.39, 0.29) is 11.2 Å². The molecule has 2 aromatic rings. The molecule has 5 nitrogen and oxygen atoms in total. The van der Waals surface area contributed by atoms with Gasteiger partial charge in [0.2, 0.25) is 5.91 Å². The Labute approximate surface area is 141 Å². The largest absolute Gasteiger partial charge is 0.378 e. The van der Waals surface area contributed by atoms with Crippen molar-refractivity contribution in [2.24, 2.45) is 0 Å². The van der Waals surface area contributed by atoms with Gasteiger partial charge in [0, 0.05) is 44.4 Å². The van der Waals surface area contributed by atoms with Crippen LogP contribution in [0.25, 0.3) is 5.69 Å². The first-order valence-electron chi connectivity index (χ1n) is 7.90. The van der Waals surface area contributed by atoms with E-state index in [0.717, 1.165) is 42.3 Å². The number of aromatic nitrogens is 2. The predicted molar refractivity (Wildman–Crippen MR) is 94.4 cm³/mol. The summed E-state index contributed by atoms with van der Waals surface area (Å²) in [7, 11) is 4.05. The number of carbonyl (C=O) groups is 1. The van der Waals surface area contributed by atoms with Crippen molar-refractivity contribution < 1.29 is 4.79 Å². The van der Waals surface area contributed by atoms with Crippen LogP contribution in [0.5, 0.6) is 0 Å². The van der Waals surface area contributed by atoms with Crippen LogP contribution in [0.2, 0.25) is 0 Å². The molecular weight excluding hydrogens is 308 g/mol. The van der Waals surface area contributed by atoms with Gasteiger partial charge in [0.25, 0.3) is 0 Å². The van der Waals surface area contributed by atoms with Crippen LogP contribution in [-0.2, 0) is 4.79 Å². The average Bonchev–Trinajstić information content (AvgIpc) is 2.92. The summed E-state index contributed by atoms with van der Waals surface area (Å²) in [5.41, 5.74) is 2.22. The van der Waals surface area contributed by atoms with E-state index in [4.69, 9.17) is 0 Å². The molecule has 1 fully saturated rings. The predicted octanol–water partition coefficient (Wildman–Crippen LogP) is 2.70. The molecule has 1 saturated heterocycles. The quantitative estimate of drug-likeness (QED) is 0.936. The number of benzene rings is 1. The van der Waals surface area contributed by atoms with Crippen molar-refractivity contribution in [3.63, 3.8) is 0 Å². The van der Waals surface area contributed by atoms with Gasteiger partial charge < -0.3 is 10.2 Å². The van der Waals surface area contributed by atoms with Gasteiger partial charge in [-0.3, -0.25) is 9.36 Å². The Morgan fingerprint density at radius 1 is 1.26 bits per heavy atom. The first-order valence-corrected chi connectivity index (χ1v) is 8.78. The van der Waals surface area contributed by atoms with Crippen LogP contribution in [0.4, 0.5) is 5.69 Å². The average molecular weight is 330 g/mol. The SMILES string of the molecule is CN(C)c1ccc(-n2ccnc2S[C@@H]2CCCCNC2=O)cc1. The highest BCUT2D eigenvalue weighted by Gasteiger charge is 2.23. The van der Waals surface area contributed by atoms with Gasteiger partial charge in [0.1, 0.15) is 0 Å². The summed E-state index contributed by atoms with van der Waals surface area (Å²) < 4.78 is 2.04. The minimum Gasteiger partial charge on any atom is -0.378 e. The van der Waals surface area contributed by atoms with E-state index in [0.29, 0.717) is 0 Å². The maximum atomic E-state index is 12.1. The third-order valence-corrected chi connectivity index (χ3v) is 5.23. The summed E-state index contributed by atoms with van der Waals surface area (Å²) in [6, 6.07) is 8.33. The van der Waals surface area contributed by atoms with Crippen LogP contribution >= 0.6 is 11.8 Å². The van der Waals surface area contributed by atoms with E-state index in [1.54, 1.807) is 18.0 Å². The molecule has 0 aliphatic carbocycles. The van der Waals surface area contributed by atoms with Gasteiger partial charge in [-0.05, 0) is 37.1 Å². The molecule has 0 radical (unpaired) electrons. The number of nitrogens with zero attached hydrogens (tertiary/aromatic N) is 3. The molecule has 0 saturated carbocycles. The number of nitrogens with one attached hydrogen (secondary N) is 1. The molecule has 0 spiro atoms. The number of hydrogen-bond acceptors (Lipinski definition) is 4. The second kappa shape index (κ2) is 7.08. The van der Waals surface area contributed by atoms with Crippen LogP contribution < -0.4 is 10.2 Å². The molecular formula is C17H22N4OS. The Kier molecular flexibility index (Phi) is 4.91. The Morgan fingerprint density at radius 2 is 2.04 bits per heavy atom. The van der Waals surface area contributed by atoms with E-state index in [9.17, 15) is 4.79 Å². The lowest BCUT2D eigenvalue weighted by Gasteiger charge is -2.15. The van der Waals surface area contributed by atoms with Crippen LogP contribution in [-0.4, -0.2) is 41.3 Å². The number of anilines is 1. The Hall–Kier alpha value is -1.95. The lowest BCUT2D eigenvalue weighted by Crippen LogP contribution is -2.30. The molecule has 1 aliphatic heterocycles. The highest BCUT2D eigenvalue weighted by molar-refractivity contribution is 8.00. The lowest BCUT2D eigenvalue weighted by atomic mass is 10.2. The van der Waals surface area contributed by atoms with Crippen molar-refractivity contribution in [1.29, 1.82) is 0 Å². The van der Waals surface area contributed by atoms with Crippen molar-refractivity contribution >= 4 is 23.4 Å². The summed E-state index contributed by atoms with van der Waals surface area (Å²) >= 11 is 1.55. The maximum Gasteiger partial charge on any atom is 0.233 e. The van der Waals surface area contributed by atoms with Crippen LogP contribution in [0.15, 0.2) is 41.8 Å². The van der Waals surface area contributed by atoms with Gasteiger partial charge in [-0.15, -0.1) is 0 Å². The van der Waals surface area contributed by atoms with Gasteiger partial charge in [0.15, 0.2) is 5.16 Å². The molecule has 1 aromatic carbocycles. The summed E-state index contributed by atoms with van der Waals surface area (Å²) in [5.74, 6) is 0.130. The van der Waals surface area contributed by atoms with E-state index in [1.807, 2.05) is 24.9 Å². The zero-order valence-electron chi connectivity index (χ0n) is 13.5. The van der Waals surface area contributed by atoms with Crippen LogP contribution in [0, 0.1) is 0 Å². The third-order valence-electron chi connectivity index (χ3n) is 3.98. The normalized spacial score (nSPS) is 18.3. The van der Waals surface area contributed by atoms with E-state index in [2.05, 4.69) is 39.5 Å². The molecule has 6 heteroatoms. The number of carbonyl (C=O) groups excluding carboxylic acids is 1. The second-order valence-corrected chi connectivity index (χ2v) is 7.05. The fourth-order valence-corrected chi connectivity index (χ4v) is 3.77. The van der Waals surface area contributed by atoms with Crippen LogP contribution in [0.1, 0.15) is 19.3 Å². The fraction of sp³-hybridized carbons (Fsp3) is 0.412. The fourth-order valence-electron chi connectivity index (χ4n) is 2.64. The molecule has 2 heterocycles. The molecule has 1 N–H and O–H groups in total. The van der Waals surface area contributed by atoms with Gasteiger partial charge in [0.05, 0.1) is 5.25 Å². The van der Waals surface area contributed by atoms with Gasteiger partial charge in [-0.25, -0.2) is 4.98 Å². The van der Waals surface area contributed by atoms with Gasteiger partial charge >= 0.3 is 0 Å². The number of imidazole rings is 1. The van der Waals surface area contributed by atoms with E-state index in [1.165, 1.54) is 0 Å². The first-order chi connectivity index (χ1) is 11.1. The minimum absolute atomic E-state index is 0.0558. The summed E-state index contributed by atoms with van der Waals surface area (Å²) in [4.78, 5) is 18.7. The van der Waals surface area contributed by atoms with Crippen molar-refractivity contribution in [2.75, 3.05) is 25.5 Å². The molecule has 0 unspecified atom stereocenters. The molecule has 1 amide bonds. The highest BCUT2D eigenvalue weighted by atomic mass is 32.2. The summed E-state index contributed by atoms with van der Waals surface area (Å²) in [6.45, 7) is 0.788. The molecule has 1 aliphatic rings. The Balaban J connectivity index is 1.80. The first kappa shape index (κ1) is 15.9. The zero-order chi connectivity index (χ0) is 16.2. The van der Waals surface area contributed by atoms with Crippen molar-refractivity contribution in [1.82, 2.24) is 14.9 Å². The van der Waals surface area contributed by atoms with E-state index >= 15 is 0 Å². The molecule has 3 rings (SSSR count). The molecule has 1 aromatic heterocycles. The Bertz CT molecular complexity index is 665. The minimum atomic E-state index is -0.0558. The van der Waals surface area contributed by atoms with E-state index < -0.39 is 0 Å². The number of rotatable bonds is 4. The topological polar surface area (TPSA) is 50.2 Å². The molecule has 122 valence electrons. The number of thioether (sulfide) groups is 1. The van der Waals surface area contributed by atoms with Gasteiger partial charge in [-0.1, -0.05) is 18.2 Å². The molecule has 1 atom stereocenters. The molecule has 0 bridgehead atoms. The molecule has 23 heavy (non-hydrogen) atoms. The van der Waals surface area contributed by atoms with Crippen LogP contribution in [0.3, 0.4) is 0 Å². The number of hydrogen-bond donors (Lipinski definition) is 1. The zero-order valence-corrected chi connectivity index (χ0v) is 14.3. The smallest absolute Gasteiger partial charge is 0.233 e. The number of amides is 1. The third kappa shape index (κ3) is 3.69. The lowest BCUT2D eigenvalue weighted by molar-refractivity contribution is -0.120. The van der Waals surface area contributed by atoms with Crippen molar-refractivity contribution in [2.45, 2.75) is 29.7 Å². The summed E-state index contributed by atoms with van der Waals surface area (Å²) in [6.07, 6.45) is 6.78. The monoisotopic (exact) mass is 330 g/mol. The summed E-state index contributed by atoms with van der Waals surface area (Å²) in [5, 5.41) is 3.79. The van der Waals surface area contributed by atoms with Crippen molar-refractivity contribution in [3.8, 4) is 5.69 Å². The highest BCUT2D eigenvalue weighted by Crippen LogP contribution is 2.29. The second-order valence-electron chi connectivity index (χ2n) is 5.88. The van der Waals surface area contributed by atoms with Crippen molar-refractivity contribution in [3.05, 3.63) is 36.7 Å². The maximum absolute atomic E-state index is 12.1.